The van der Waals surface area contributed by atoms with E-state index < -0.39 is 11.7 Å². The molecule has 4 nitrogen and oxygen atoms in total. The highest BCUT2D eigenvalue weighted by atomic mass is 35.5. The van der Waals surface area contributed by atoms with Crippen LogP contribution in [0.3, 0.4) is 0 Å². The molecule has 3 N–H and O–H groups in total. The van der Waals surface area contributed by atoms with Crippen LogP contribution in [0.5, 0.6) is 0 Å². The van der Waals surface area contributed by atoms with E-state index in [1.165, 1.54) is 13.1 Å². The summed E-state index contributed by atoms with van der Waals surface area (Å²) in [4.78, 5) is 13.4. The molecular formula is C13H19ClFN3O. The van der Waals surface area contributed by atoms with Crippen LogP contribution < -0.4 is 11.1 Å². The lowest BCUT2D eigenvalue weighted by atomic mass is 10.0. The summed E-state index contributed by atoms with van der Waals surface area (Å²) >= 11 is 5.99. The van der Waals surface area contributed by atoms with Gasteiger partial charge in [-0.1, -0.05) is 17.7 Å². The van der Waals surface area contributed by atoms with Crippen LogP contribution in [0, 0.1) is 5.82 Å². The van der Waals surface area contributed by atoms with E-state index in [1.54, 1.807) is 6.07 Å². The van der Waals surface area contributed by atoms with Gasteiger partial charge in [0.15, 0.2) is 5.82 Å². The minimum Gasteiger partial charge on any atom is -0.355 e. The van der Waals surface area contributed by atoms with Crippen molar-refractivity contribution in [3.63, 3.8) is 0 Å². The molecular weight excluding hydrogens is 269 g/mol. The number of hydrogen-bond donors (Lipinski definition) is 2. The van der Waals surface area contributed by atoms with E-state index in [0.717, 1.165) is 0 Å². The van der Waals surface area contributed by atoms with E-state index in [9.17, 15) is 9.18 Å². The predicted octanol–water partition coefficient (Wildman–Crippen LogP) is 1.27. The Morgan fingerprint density at radius 1 is 1.53 bits per heavy atom. The van der Waals surface area contributed by atoms with Crippen molar-refractivity contribution in [2.45, 2.75) is 12.5 Å². The lowest BCUT2D eigenvalue weighted by Crippen LogP contribution is -2.37. The fraction of sp³-hybridized carbons (Fsp3) is 0.462. The molecule has 6 heteroatoms. The van der Waals surface area contributed by atoms with Gasteiger partial charge in [-0.15, -0.1) is 0 Å². The number of likely N-dealkylation sites (N-methyl/N-ethyl adjacent to an activating group) is 1. The highest BCUT2D eigenvalue weighted by Crippen LogP contribution is 2.25. The van der Waals surface area contributed by atoms with Crippen LogP contribution in [0.25, 0.3) is 0 Å². The van der Waals surface area contributed by atoms with Crippen molar-refractivity contribution in [1.29, 1.82) is 0 Å². The van der Waals surface area contributed by atoms with Crippen LogP contribution in [0.1, 0.15) is 15.9 Å². The Bertz CT molecular complexity index is 465. The van der Waals surface area contributed by atoms with Crippen molar-refractivity contribution >= 4 is 17.5 Å². The summed E-state index contributed by atoms with van der Waals surface area (Å²) in [6.07, 6.45) is 0.535. The third kappa shape index (κ3) is 3.65. The van der Waals surface area contributed by atoms with Gasteiger partial charge < -0.3 is 16.0 Å². The number of benzene rings is 1. The second-order valence-corrected chi connectivity index (χ2v) is 4.91. The first-order valence-electron chi connectivity index (χ1n) is 5.97. The fourth-order valence-corrected chi connectivity index (χ4v) is 2.03. The molecule has 0 unspecified atom stereocenters. The number of rotatable bonds is 5. The molecule has 1 aromatic rings. The lowest BCUT2D eigenvalue weighted by Gasteiger charge is -2.23. The largest absolute Gasteiger partial charge is 0.355 e. The van der Waals surface area contributed by atoms with E-state index in [-0.39, 0.29) is 16.6 Å². The zero-order valence-electron chi connectivity index (χ0n) is 11.3. The zero-order chi connectivity index (χ0) is 14.6. The Kier molecular flexibility index (Phi) is 5.72. The lowest BCUT2D eigenvalue weighted by molar-refractivity contribution is 0.0959. The molecule has 0 saturated heterocycles. The van der Waals surface area contributed by atoms with Gasteiger partial charge in [0.25, 0.3) is 5.91 Å². The molecule has 0 aliphatic rings. The monoisotopic (exact) mass is 287 g/mol. The summed E-state index contributed by atoms with van der Waals surface area (Å²) in [6, 6.07) is 3.18. The summed E-state index contributed by atoms with van der Waals surface area (Å²) < 4.78 is 14.0. The molecule has 0 radical (unpaired) electrons. The van der Waals surface area contributed by atoms with Gasteiger partial charge >= 0.3 is 0 Å². The minimum absolute atomic E-state index is 0.0126. The Labute approximate surface area is 117 Å². The van der Waals surface area contributed by atoms with Crippen LogP contribution in [-0.2, 0) is 6.42 Å². The molecule has 1 atom stereocenters. The van der Waals surface area contributed by atoms with Gasteiger partial charge in [-0.25, -0.2) is 4.39 Å². The van der Waals surface area contributed by atoms with E-state index in [1.807, 2.05) is 19.0 Å². The summed E-state index contributed by atoms with van der Waals surface area (Å²) in [5.41, 5.74) is 6.27. The van der Waals surface area contributed by atoms with Crippen LogP contribution in [-0.4, -0.2) is 44.5 Å². The normalized spacial score (nSPS) is 12.6. The molecule has 0 saturated carbocycles. The Morgan fingerprint density at radius 2 is 2.16 bits per heavy atom. The Hall–Kier alpha value is -1.17. The second-order valence-electron chi connectivity index (χ2n) is 4.54. The molecule has 0 aromatic heterocycles. The molecule has 0 aliphatic heterocycles. The molecule has 1 aromatic carbocycles. The molecule has 19 heavy (non-hydrogen) atoms. The first kappa shape index (κ1) is 15.9. The first-order chi connectivity index (χ1) is 8.92. The summed E-state index contributed by atoms with van der Waals surface area (Å²) in [6.45, 7) is 0.447. The number of hydrogen-bond acceptors (Lipinski definition) is 3. The van der Waals surface area contributed by atoms with E-state index in [2.05, 4.69) is 5.32 Å². The van der Waals surface area contributed by atoms with Crippen LogP contribution >= 0.6 is 11.6 Å². The fourth-order valence-electron chi connectivity index (χ4n) is 1.79. The molecule has 0 heterocycles. The van der Waals surface area contributed by atoms with Gasteiger partial charge in [0.1, 0.15) is 0 Å². The Morgan fingerprint density at radius 3 is 2.63 bits per heavy atom. The summed E-state index contributed by atoms with van der Waals surface area (Å²) in [5, 5.41) is 2.36. The molecule has 0 bridgehead atoms. The van der Waals surface area contributed by atoms with E-state index in [4.69, 9.17) is 17.3 Å². The van der Waals surface area contributed by atoms with Gasteiger partial charge in [0.05, 0.1) is 10.6 Å². The van der Waals surface area contributed by atoms with Crippen LogP contribution in [0.4, 0.5) is 4.39 Å². The zero-order valence-corrected chi connectivity index (χ0v) is 12.1. The molecule has 0 fully saturated rings. The van der Waals surface area contributed by atoms with E-state index >= 15 is 0 Å². The number of nitrogens with two attached hydrogens (primary N) is 1. The molecule has 0 aliphatic carbocycles. The third-order valence-corrected chi connectivity index (χ3v) is 3.50. The van der Waals surface area contributed by atoms with Crippen LogP contribution in [0.15, 0.2) is 12.1 Å². The number of carbonyl (C=O) groups excluding carboxylic acids is 1. The van der Waals surface area contributed by atoms with E-state index in [0.29, 0.717) is 18.5 Å². The third-order valence-electron chi connectivity index (χ3n) is 3.09. The summed E-state index contributed by atoms with van der Waals surface area (Å²) in [5.74, 6) is -1.18. The first-order valence-corrected chi connectivity index (χ1v) is 6.35. The van der Waals surface area contributed by atoms with Gasteiger partial charge in [0.2, 0.25) is 0 Å². The smallest absolute Gasteiger partial charge is 0.254 e. The van der Waals surface area contributed by atoms with Crippen molar-refractivity contribution in [2.24, 2.45) is 5.73 Å². The average Bonchev–Trinajstić information content (AvgIpc) is 2.39. The number of nitrogens with zero attached hydrogens (tertiary/aromatic N) is 1. The van der Waals surface area contributed by atoms with Crippen molar-refractivity contribution in [2.75, 3.05) is 27.7 Å². The van der Waals surface area contributed by atoms with Crippen molar-refractivity contribution in [3.8, 4) is 0 Å². The maximum absolute atomic E-state index is 14.0. The van der Waals surface area contributed by atoms with Gasteiger partial charge in [-0.05, 0) is 32.1 Å². The number of carbonyl (C=O) groups is 1. The van der Waals surface area contributed by atoms with Crippen molar-refractivity contribution in [3.05, 3.63) is 34.1 Å². The maximum Gasteiger partial charge on any atom is 0.254 e. The molecule has 0 spiro atoms. The predicted molar refractivity (Wildman–Crippen MR) is 75.0 cm³/mol. The van der Waals surface area contributed by atoms with Gasteiger partial charge in [-0.3, -0.25) is 4.79 Å². The number of nitrogens with one attached hydrogen (secondary N) is 1. The number of amides is 1. The topological polar surface area (TPSA) is 58.4 Å². The van der Waals surface area contributed by atoms with Gasteiger partial charge in [-0.2, -0.15) is 0 Å². The van der Waals surface area contributed by atoms with Gasteiger partial charge in [0, 0.05) is 19.6 Å². The molecule has 1 amide bonds. The highest BCUT2D eigenvalue weighted by molar-refractivity contribution is 6.32. The van der Waals surface area contributed by atoms with Crippen molar-refractivity contribution in [1.82, 2.24) is 10.2 Å². The minimum atomic E-state index is -0.687. The number of halogens is 2. The van der Waals surface area contributed by atoms with Crippen LogP contribution in [0.2, 0.25) is 5.02 Å². The van der Waals surface area contributed by atoms with Crippen molar-refractivity contribution < 1.29 is 9.18 Å². The Balaban J connectivity index is 3.06. The molecule has 106 valence electrons. The SMILES string of the molecule is CNC(=O)c1ccc(C[C@@H](CN)N(C)C)c(Cl)c1F. The summed E-state index contributed by atoms with van der Waals surface area (Å²) in [7, 11) is 5.25. The quantitative estimate of drug-likeness (QED) is 0.857. The second kappa shape index (κ2) is 6.84. The average molecular weight is 288 g/mol. The maximum atomic E-state index is 14.0. The highest BCUT2D eigenvalue weighted by Gasteiger charge is 2.19. The molecule has 1 rings (SSSR count). The standard InChI is InChI=1S/C13H19ClFN3O/c1-17-13(19)10-5-4-8(11(14)12(10)15)6-9(7-16)18(2)3/h4-5,9H,6-7,16H2,1-3H3,(H,17,19)/t9-/m0/s1.